The van der Waals surface area contributed by atoms with Crippen molar-refractivity contribution in [1.82, 2.24) is 5.32 Å². The number of amides is 1. The van der Waals surface area contributed by atoms with Crippen LogP contribution in [0.2, 0.25) is 0 Å². The maximum atomic E-state index is 11.1. The first-order valence-electron chi connectivity index (χ1n) is 6.47. The maximum absolute atomic E-state index is 11.1. The third-order valence-electron chi connectivity index (χ3n) is 3.22. The molecule has 0 aromatic rings. The van der Waals surface area contributed by atoms with E-state index >= 15 is 0 Å². The Kier molecular flexibility index (Phi) is 6.00. The third kappa shape index (κ3) is 4.13. The lowest BCUT2D eigenvalue weighted by Crippen LogP contribution is -2.69. The Balaban J connectivity index is 2.91. The molecule has 1 rings (SSSR count). The molecule has 12 nitrogen and oxygen atoms in total. The molecular formula is C11H20N2O10. The molecule has 0 bridgehead atoms. The molecule has 0 aromatic carbocycles. The highest BCUT2D eigenvalue weighted by atomic mass is 16.8. The summed E-state index contributed by atoms with van der Waals surface area (Å²) in [4.78, 5) is 22.1. The number of carboxylic acids is 1. The second-order valence-electron chi connectivity index (χ2n) is 5.14. The first-order valence-corrected chi connectivity index (χ1v) is 6.47. The Morgan fingerprint density at radius 1 is 1.35 bits per heavy atom. The smallest absolute Gasteiger partial charge is 0.346 e. The number of hydrogen-bond acceptors (Lipinski definition) is 10. The van der Waals surface area contributed by atoms with Gasteiger partial charge in [0.05, 0.1) is 6.61 Å². The summed E-state index contributed by atoms with van der Waals surface area (Å²) in [5, 5.41) is 58.9. The number of aliphatic carboxylic acids is 1. The molecule has 23 heavy (non-hydrogen) atoms. The van der Waals surface area contributed by atoms with E-state index in [-0.39, 0.29) is 0 Å². The van der Waals surface area contributed by atoms with E-state index in [0.717, 1.165) is 6.92 Å². The molecule has 9 N–H and O–H groups in total. The summed E-state index contributed by atoms with van der Waals surface area (Å²) in [5.41, 5.74) is 2.97. The minimum atomic E-state index is -2.97. The molecule has 1 amide bonds. The number of carbonyl (C=O) groups excluding carboxylic acids is 1. The molecule has 134 valence electrons. The Hall–Kier alpha value is -1.38. The lowest BCUT2D eigenvalue weighted by molar-refractivity contribution is -0.450. The molecular weight excluding hydrogens is 320 g/mol. The Labute approximate surface area is 130 Å². The minimum absolute atomic E-state index is 0.806. The van der Waals surface area contributed by atoms with Crippen LogP contribution in [-0.2, 0) is 19.1 Å². The highest BCUT2D eigenvalue weighted by Crippen LogP contribution is 2.29. The van der Waals surface area contributed by atoms with Crippen molar-refractivity contribution < 1.29 is 49.7 Å². The number of nitrogens with one attached hydrogen (secondary N) is 1. The van der Waals surface area contributed by atoms with Crippen molar-refractivity contribution in [1.29, 1.82) is 0 Å². The number of nitrogens with two attached hydrogens (primary N) is 1. The summed E-state index contributed by atoms with van der Waals surface area (Å²) in [6, 6.07) is 0. The van der Waals surface area contributed by atoms with Crippen LogP contribution in [0.4, 0.5) is 0 Å². The summed E-state index contributed by atoms with van der Waals surface area (Å²) < 4.78 is 9.50. The molecule has 12 heteroatoms. The predicted molar refractivity (Wildman–Crippen MR) is 69.3 cm³/mol. The fraction of sp³-hybridized carbons (Fsp3) is 0.818. The van der Waals surface area contributed by atoms with E-state index in [4.69, 9.17) is 25.4 Å². The lowest BCUT2D eigenvalue weighted by atomic mass is 9.98. The van der Waals surface area contributed by atoms with Gasteiger partial charge >= 0.3 is 11.9 Å². The molecule has 2 unspecified atom stereocenters. The van der Waals surface area contributed by atoms with Gasteiger partial charge in [-0.15, -0.1) is 0 Å². The van der Waals surface area contributed by atoms with Crippen LogP contribution >= 0.6 is 0 Å². The van der Waals surface area contributed by atoms with Gasteiger partial charge in [-0.3, -0.25) is 10.5 Å². The second-order valence-corrected chi connectivity index (χ2v) is 5.14. The van der Waals surface area contributed by atoms with E-state index in [1.807, 2.05) is 5.32 Å². The van der Waals surface area contributed by atoms with E-state index < -0.39 is 61.1 Å². The van der Waals surface area contributed by atoms with Gasteiger partial charge in [-0.2, -0.15) is 0 Å². The number of carboxylic acid groups (broad SMARTS) is 1. The largest absolute Gasteiger partial charge is 0.478 e. The van der Waals surface area contributed by atoms with Crippen molar-refractivity contribution >= 4 is 11.9 Å². The highest BCUT2D eigenvalue weighted by molar-refractivity contribution is 5.85. The number of carbonyl (C=O) groups is 2. The number of aliphatic hydroxyl groups is 5. The van der Waals surface area contributed by atoms with Crippen molar-refractivity contribution in [3.63, 3.8) is 0 Å². The van der Waals surface area contributed by atoms with Crippen LogP contribution in [0.5, 0.6) is 0 Å². The SMILES string of the molecule is CC(=O)NC(N)(COC1(O)O[C@H](CO)[C@@H](O)[C@H](O)[C@H]1O)C(=O)O. The minimum Gasteiger partial charge on any atom is -0.478 e. The monoisotopic (exact) mass is 340 g/mol. The number of aliphatic hydroxyl groups excluding tert-OH is 4. The Morgan fingerprint density at radius 2 is 1.91 bits per heavy atom. The summed E-state index contributed by atoms with van der Waals surface area (Å²) in [6.45, 7) is -0.904. The van der Waals surface area contributed by atoms with Gasteiger partial charge in [0.25, 0.3) is 0 Å². The molecule has 0 spiro atoms. The van der Waals surface area contributed by atoms with Gasteiger partial charge in [-0.05, 0) is 0 Å². The average Bonchev–Trinajstić information content (AvgIpc) is 2.46. The van der Waals surface area contributed by atoms with Gasteiger partial charge in [0, 0.05) is 6.92 Å². The molecule has 0 aliphatic carbocycles. The zero-order valence-corrected chi connectivity index (χ0v) is 12.1. The van der Waals surface area contributed by atoms with Crippen LogP contribution in [0.15, 0.2) is 0 Å². The first-order chi connectivity index (χ1) is 10.5. The van der Waals surface area contributed by atoms with E-state index in [0.29, 0.717) is 0 Å². The molecule has 1 heterocycles. The van der Waals surface area contributed by atoms with Crippen LogP contribution < -0.4 is 11.1 Å². The third-order valence-corrected chi connectivity index (χ3v) is 3.22. The quantitative estimate of drug-likeness (QED) is 0.214. The molecule has 1 aliphatic heterocycles. The highest BCUT2D eigenvalue weighted by Gasteiger charge is 2.55. The van der Waals surface area contributed by atoms with E-state index in [9.17, 15) is 30.0 Å². The molecule has 1 aliphatic rings. The lowest BCUT2D eigenvalue weighted by Gasteiger charge is -2.45. The van der Waals surface area contributed by atoms with E-state index in [2.05, 4.69) is 0 Å². The van der Waals surface area contributed by atoms with Crippen LogP contribution in [0.1, 0.15) is 6.92 Å². The maximum Gasteiger partial charge on any atom is 0.346 e. The molecule has 0 aromatic heterocycles. The van der Waals surface area contributed by atoms with Crippen LogP contribution in [0.25, 0.3) is 0 Å². The molecule has 1 saturated heterocycles. The van der Waals surface area contributed by atoms with Gasteiger partial charge in [0.15, 0.2) is 6.10 Å². The van der Waals surface area contributed by atoms with Crippen molar-refractivity contribution in [2.45, 2.75) is 43.0 Å². The molecule has 0 radical (unpaired) electrons. The fourth-order valence-corrected chi connectivity index (χ4v) is 1.93. The van der Waals surface area contributed by atoms with E-state index in [1.54, 1.807) is 0 Å². The van der Waals surface area contributed by atoms with Crippen molar-refractivity contribution in [3.8, 4) is 0 Å². The zero-order valence-electron chi connectivity index (χ0n) is 12.1. The Bertz CT molecular complexity index is 460. The predicted octanol–water partition coefficient (Wildman–Crippen LogP) is -5.00. The van der Waals surface area contributed by atoms with Gasteiger partial charge in [0.1, 0.15) is 24.9 Å². The summed E-state index contributed by atoms with van der Waals surface area (Å²) >= 11 is 0. The average molecular weight is 340 g/mol. The van der Waals surface area contributed by atoms with Gasteiger partial charge in [-0.25, -0.2) is 4.79 Å². The van der Waals surface area contributed by atoms with Crippen molar-refractivity contribution in [2.75, 3.05) is 13.2 Å². The van der Waals surface area contributed by atoms with Gasteiger partial charge < -0.3 is 45.4 Å². The van der Waals surface area contributed by atoms with Crippen LogP contribution in [0.3, 0.4) is 0 Å². The van der Waals surface area contributed by atoms with E-state index in [1.165, 1.54) is 0 Å². The second kappa shape index (κ2) is 7.02. The van der Waals surface area contributed by atoms with Crippen LogP contribution in [-0.4, -0.2) is 91.8 Å². The zero-order chi connectivity index (χ0) is 18.0. The fourth-order valence-electron chi connectivity index (χ4n) is 1.93. The number of ether oxygens (including phenoxy) is 2. The molecule has 6 atom stereocenters. The normalized spacial score (nSPS) is 37.0. The van der Waals surface area contributed by atoms with Crippen molar-refractivity contribution in [3.05, 3.63) is 0 Å². The number of rotatable bonds is 6. The first kappa shape index (κ1) is 19.7. The molecule has 0 saturated carbocycles. The summed E-state index contributed by atoms with van der Waals surface area (Å²) in [7, 11) is 0. The molecule has 1 fully saturated rings. The van der Waals surface area contributed by atoms with Gasteiger partial charge in [-0.1, -0.05) is 0 Å². The topological polar surface area (TPSA) is 212 Å². The standard InChI is InChI=1S/C11H20N2O10/c1-4(15)13-10(12,9(19)20)3-22-11(21)8(18)7(17)6(16)5(2-14)23-11/h5-8,14,16-18,21H,2-3,12H2,1H3,(H,13,15)(H,19,20)/t5-,6-,7+,8-,10?,11?/m1/s1. The number of hydrogen-bond donors (Lipinski definition) is 8. The van der Waals surface area contributed by atoms with Crippen LogP contribution in [0, 0.1) is 0 Å². The summed E-state index contributed by atoms with van der Waals surface area (Å²) in [6.07, 6.45) is -7.40. The van der Waals surface area contributed by atoms with Crippen molar-refractivity contribution in [2.24, 2.45) is 5.73 Å². The van der Waals surface area contributed by atoms with Gasteiger partial charge in [0.2, 0.25) is 11.6 Å². The Morgan fingerprint density at radius 3 is 2.35 bits per heavy atom. The summed E-state index contributed by atoms with van der Waals surface area (Å²) in [5.74, 6) is -5.48.